The van der Waals surface area contributed by atoms with Crippen LogP contribution in [0, 0.1) is 0 Å². The minimum atomic E-state index is 0.171. The highest BCUT2D eigenvalue weighted by atomic mass is 16.3. The van der Waals surface area contributed by atoms with Gasteiger partial charge in [0.25, 0.3) is 0 Å². The van der Waals surface area contributed by atoms with Gasteiger partial charge < -0.3 is 9.52 Å². The van der Waals surface area contributed by atoms with Gasteiger partial charge in [-0.2, -0.15) is 0 Å². The van der Waals surface area contributed by atoms with Gasteiger partial charge in [0.15, 0.2) is 5.58 Å². The van der Waals surface area contributed by atoms with Crippen LogP contribution in [0.15, 0.2) is 28.7 Å². The van der Waals surface area contributed by atoms with Crippen molar-refractivity contribution >= 4 is 11.1 Å². The molecular formula is C14H20N2O2. The SMILES string of the molecule is CCCCN(CCO)Cc1nc2ccccc2o1. The van der Waals surface area contributed by atoms with Gasteiger partial charge in [0.1, 0.15) is 5.52 Å². The highest BCUT2D eigenvalue weighted by Gasteiger charge is 2.10. The summed E-state index contributed by atoms with van der Waals surface area (Å²) in [6.07, 6.45) is 2.27. The van der Waals surface area contributed by atoms with Crippen LogP contribution >= 0.6 is 0 Å². The fourth-order valence-electron chi connectivity index (χ4n) is 1.97. The van der Waals surface area contributed by atoms with Crippen molar-refractivity contribution in [3.8, 4) is 0 Å². The zero-order valence-corrected chi connectivity index (χ0v) is 10.8. The van der Waals surface area contributed by atoms with Crippen molar-refractivity contribution in [3.63, 3.8) is 0 Å². The highest BCUT2D eigenvalue weighted by molar-refractivity contribution is 5.72. The van der Waals surface area contributed by atoms with Gasteiger partial charge in [0, 0.05) is 6.54 Å². The third-order valence-corrected chi connectivity index (χ3v) is 2.94. The normalized spacial score (nSPS) is 11.5. The van der Waals surface area contributed by atoms with Crippen LogP contribution in [0.1, 0.15) is 25.7 Å². The average molecular weight is 248 g/mol. The summed E-state index contributed by atoms with van der Waals surface area (Å²) in [5.41, 5.74) is 1.72. The second-order valence-corrected chi connectivity index (χ2v) is 4.43. The number of oxazole rings is 1. The molecule has 2 rings (SSSR count). The third kappa shape index (κ3) is 3.31. The number of para-hydroxylation sites is 2. The maximum atomic E-state index is 9.06. The first-order valence-corrected chi connectivity index (χ1v) is 6.51. The standard InChI is InChI=1S/C14H20N2O2/c1-2-3-8-16(9-10-17)11-14-15-12-6-4-5-7-13(12)18-14/h4-7,17H,2-3,8-11H2,1H3. The number of benzene rings is 1. The van der Waals surface area contributed by atoms with Crippen molar-refractivity contribution < 1.29 is 9.52 Å². The third-order valence-electron chi connectivity index (χ3n) is 2.94. The first kappa shape index (κ1) is 13.1. The Morgan fingerprint density at radius 3 is 2.83 bits per heavy atom. The van der Waals surface area contributed by atoms with Crippen LogP contribution in [0.2, 0.25) is 0 Å². The van der Waals surface area contributed by atoms with E-state index in [0.717, 1.165) is 36.4 Å². The average Bonchev–Trinajstić information content (AvgIpc) is 2.78. The van der Waals surface area contributed by atoms with Crippen molar-refractivity contribution in [2.75, 3.05) is 19.7 Å². The molecule has 2 aromatic rings. The smallest absolute Gasteiger partial charge is 0.209 e. The van der Waals surface area contributed by atoms with E-state index < -0.39 is 0 Å². The Bertz CT molecular complexity index is 448. The molecule has 0 unspecified atom stereocenters. The summed E-state index contributed by atoms with van der Waals surface area (Å²) in [4.78, 5) is 6.63. The largest absolute Gasteiger partial charge is 0.439 e. The summed E-state index contributed by atoms with van der Waals surface area (Å²) < 4.78 is 5.69. The molecule has 0 fully saturated rings. The van der Waals surface area contributed by atoms with Crippen molar-refractivity contribution in [1.29, 1.82) is 0 Å². The lowest BCUT2D eigenvalue weighted by atomic mass is 10.3. The summed E-state index contributed by atoms with van der Waals surface area (Å²) in [6.45, 7) is 4.63. The van der Waals surface area contributed by atoms with Crippen LogP contribution in [-0.4, -0.2) is 34.7 Å². The zero-order chi connectivity index (χ0) is 12.8. The van der Waals surface area contributed by atoms with E-state index in [9.17, 15) is 0 Å². The fraction of sp³-hybridized carbons (Fsp3) is 0.500. The second-order valence-electron chi connectivity index (χ2n) is 4.43. The summed E-state index contributed by atoms with van der Waals surface area (Å²) in [5, 5.41) is 9.06. The Kier molecular flexibility index (Phi) is 4.73. The van der Waals surface area contributed by atoms with E-state index in [1.54, 1.807) is 0 Å². The molecule has 0 aliphatic rings. The number of hydrogen-bond donors (Lipinski definition) is 1. The van der Waals surface area contributed by atoms with Crippen LogP contribution in [0.4, 0.5) is 0 Å². The van der Waals surface area contributed by atoms with E-state index in [4.69, 9.17) is 9.52 Å². The molecule has 0 saturated heterocycles. The van der Waals surface area contributed by atoms with Gasteiger partial charge in [0.2, 0.25) is 5.89 Å². The fourth-order valence-corrected chi connectivity index (χ4v) is 1.97. The van der Waals surface area contributed by atoms with E-state index >= 15 is 0 Å². The summed E-state index contributed by atoms with van der Waals surface area (Å²) >= 11 is 0. The van der Waals surface area contributed by atoms with E-state index in [1.165, 1.54) is 0 Å². The number of nitrogens with zero attached hydrogens (tertiary/aromatic N) is 2. The minimum absolute atomic E-state index is 0.171. The summed E-state index contributed by atoms with van der Waals surface area (Å²) in [5.74, 6) is 0.723. The summed E-state index contributed by atoms with van der Waals surface area (Å²) in [7, 11) is 0. The molecule has 0 amide bonds. The molecule has 0 bridgehead atoms. The number of unbranched alkanes of at least 4 members (excludes halogenated alkanes) is 1. The maximum absolute atomic E-state index is 9.06. The first-order valence-electron chi connectivity index (χ1n) is 6.51. The molecule has 0 atom stereocenters. The monoisotopic (exact) mass is 248 g/mol. The molecule has 0 saturated carbocycles. The molecule has 1 N–H and O–H groups in total. The van der Waals surface area contributed by atoms with Gasteiger partial charge in [-0.3, -0.25) is 4.90 Å². The molecular weight excluding hydrogens is 228 g/mol. The number of aliphatic hydroxyl groups is 1. The number of aliphatic hydroxyl groups excluding tert-OH is 1. The predicted octanol–water partition coefficient (Wildman–Crippen LogP) is 2.42. The van der Waals surface area contributed by atoms with Gasteiger partial charge in [-0.1, -0.05) is 25.5 Å². The number of rotatable bonds is 7. The van der Waals surface area contributed by atoms with Crippen molar-refractivity contribution in [3.05, 3.63) is 30.2 Å². The topological polar surface area (TPSA) is 49.5 Å². The maximum Gasteiger partial charge on any atom is 0.209 e. The van der Waals surface area contributed by atoms with Crippen LogP contribution < -0.4 is 0 Å². The van der Waals surface area contributed by atoms with Crippen molar-refractivity contribution in [1.82, 2.24) is 9.88 Å². The zero-order valence-electron chi connectivity index (χ0n) is 10.8. The van der Waals surface area contributed by atoms with Crippen LogP contribution in [0.25, 0.3) is 11.1 Å². The number of hydrogen-bond acceptors (Lipinski definition) is 4. The first-order chi connectivity index (χ1) is 8.83. The molecule has 98 valence electrons. The Labute approximate surface area is 107 Å². The van der Waals surface area contributed by atoms with Gasteiger partial charge in [-0.15, -0.1) is 0 Å². The Morgan fingerprint density at radius 2 is 2.11 bits per heavy atom. The van der Waals surface area contributed by atoms with Gasteiger partial charge in [-0.05, 0) is 25.1 Å². The van der Waals surface area contributed by atoms with Crippen molar-refractivity contribution in [2.24, 2.45) is 0 Å². The summed E-state index contributed by atoms with van der Waals surface area (Å²) in [6, 6.07) is 7.77. The Morgan fingerprint density at radius 1 is 1.28 bits per heavy atom. The quantitative estimate of drug-likeness (QED) is 0.817. The molecule has 4 heteroatoms. The van der Waals surface area contributed by atoms with E-state index in [1.807, 2.05) is 24.3 Å². The molecule has 0 aliphatic heterocycles. The molecule has 0 spiro atoms. The molecule has 18 heavy (non-hydrogen) atoms. The van der Waals surface area contributed by atoms with E-state index in [-0.39, 0.29) is 6.61 Å². The molecule has 0 radical (unpaired) electrons. The Balaban J connectivity index is 2.05. The molecule has 1 heterocycles. The van der Waals surface area contributed by atoms with E-state index in [2.05, 4.69) is 16.8 Å². The van der Waals surface area contributed by atoms with Crippen LogP contribution in [-0.2, 0) is 6.54 Å². The minimum Gasteiger partial charge on any atom is -0.439 e. The molecule has 1 aromatic carbocycles. The van der Waals surface area contributed by atoms with Crippen molar-refractivity contribution in [2.45, 2.75) is 26.3 Å². The highest BCUT2D eigenvalue weighted by Crippen LogP contribution is 2.16. The van der Waals surface area contributed by atoms with Gasteiger partial charge in [-0.25, -0.2) is 4.98 Å². The molecule has 1 aromatic heterocycles. The molecule has 0 aliphatic carbocycles. The van der Waals surface area contributed by atoms with E-state index in [0.29, 0.717) is 13.1 Å². The Hall–Kier alpha value is -1.39. The lowest BCUT2D eigenvalue weighted by molar-refractivity contribution is 0.177. The predicted molar refractivity (Wildman–Crippen MR) is 71.3 cm³/mol. The number of fused-ring (bicyclic) bond motifs is 1. The van der Waals surface area contributed by atoms with Gasteiger partial charge >= 0.3 is 0 Å². The second kappa shape index (κ2) is 6.52. The number of aromatic nitrogens is 1. The van der Waals surface area contributed by atoms with Gasteiger partial charge in [0.05, 0.1) is 13.2 Å². The van der Waals surface area contributed by atoms with Crippen LogP contribution in [0.5, 0.6) is 0 Å². The molecule has 4 nitrogen and oxygen atoms in total. The lowest BCUT2D eigenvalue weighted by Gasteiger charge is -2.18. The lowest BCUT2D eigenvalue weighted by Crippen LogP contribution is -2.27. The van der Waals surface area contributed by atoms with Crippen LogP contribution in [0.3, 0.4) is 0 Å².